The van der Waals surface area contributed by atoms with Crippen molar-refractivity contribution in [2.45, 2.75) is 26.3 Å². The molecular formula is C16H17ClN4O2. The van der Waals surface area contributed by atoms with Gasteiger partial charge in [0.2, 0.25) is 0 Å². The van der Waals surface area contributed by atoms with Gasteiger partial charge in [0.25, 0.3) is 0 Å². The van der Waals surface area contributed by atoms with Crippen molar-refractivity contribution in [3.8, 4) is 0 Å². The maximum Gasteiger partial charge on any atom is 0.126 e. The zero-order valence-corrected chi connectivity index (χ0v) is 13.5. The molecule has 2 atom stereocenters. The summed E-state index contributed by atoms with van der Waals surface area (Å²) in [7, 11) is 0. The maximum absolute atomic E-state index is 9.85. The van der Waals surface area contributed by atoms with Gasteiger partial charge in [-0.3, -0.25) is 0 Å². The standard InChI is InChI=1S/C16H17ClN4O2/c1-8(22)21(9(2)23)10-3-4-13-14(5-10)20-16-7-12(18)11(17)6-15(16)19-13/h3-9,22-23H,18H2,1-2H3. The Balaban J connectivity index is 2.19. The molecule has 3 aromatic rings. The monoisotopic (exact) mass is 332 g/mol. The maximum atomic E-state index is 9.85. The molecule has 120 valence electrons. The number of fused-ring (bicyclic) bond motifs is 2. The molecule has 7 heteroatoms. The van der Waals surface area contributed by atoms with Crippen molar-refractivity contribution in [3.63, 3.8) is 0 Å². The zero-order chi connectivity index (χ0) is 16.7. The van der Waals surface area contributed by atoms with E-state index in [0.717, 1.165) is 0 Å². The van der Waals surface area contributed by atoms with Crippen molar-refractivity contribution in [3.05, 3.63) is 35.4 Å². The molecule has 0 radical (unpaired) electrons. The van der Waals surface area contributed by atoms with Crippen LogP contribution in [0.3, 0.4) is 0 Å². The molecule has 0 amide bonds. The van der Waals surface area contributed by atoms with Gasteiger partial charge in [-0.25, -0.2) is 9.97 Å². The van der Waals surface area contributed by atoms with Gasteiger partial charge in [-0.1, -0.05) is 11.6 Å². The van der Waals surface area contributed by atoms with Crippen molar-refractivity contribution in [2.75, 3.05) is 10.6 Å². The first kappa shape index (κ1) is 15.7. The van der Waals surface area contributed by atoms with Crippen LogP contribution in [0.25, 0.3) is 22.1 Å². The van der Waals surface area contributed by atoms with Crippen molar-refractivity contribution in [1.29, 1.82) is 0 Å². The van der Waals surface area contributed by atoms with Gasteiger partial charge in [0, 0.05) is 5.69 Å². The third-order valence-electron chi connectivity index (χ3n) is 3.64. The van der Waals surface area contributed by atoms with Gasteiger partial charge in [-0.2, -0.15) is 0 Å². The van der Waals surface area contributed by atoms with Crippen LogP contribution in [0.15, 0.2) is 30.3 Å². The molecular weight excluding hydrogens is 316 g/mol. The summed E-state index contributed by atoms with van der Waals surface area (Å²) in [5, 5.41) is 20.1. The Labute approximate surface area is 138 Å². The molecule has 4 N–H and O–H groups in total. The van der Waals surface area contributed by atoms with Crippen LogP contribution < -0.4 is 10.6 Å². The average molecular weight is 333 g/mol. The fraction of sp³-hybridized carbons (Fsp3) is 0.250. The fourth-order valence-corrected chi connectivity index (χ4v) is 2.76. The van der Waals surface area contributed by atoms with Crippen LogP contribution >= 0.6 is 11.6 Å². The second-order valence-electron chi connectivity index (χ2n) is 5.43. The summed E-state index contributed by atoms with van der Waals surface area (Å²) >= 11 is 6.02. The van der Waals surface area contributed by atoms with E-state index in [1.54, 1.807) is 44.2 Å². The molecule has 0 fully saturated rings. The van der Waals surface area contributed by atoms with Gasteiger partial charge in [0.05, 0.1) is 32.8 Å². The van der Waals surface area contributed by atoms with Gasteiger partial charge in [-0.15, -0.1) is 0 Å². The van der Waals surface area contributed by atoms with Crippen molar-refractivity contribution in [2.24, 2.45) is 0 Å². The predicted molar refractivity (Wildman–Crippen MR) is 92.3 cm³/mol. The Morgan fingerprint density at radius 3 is 2.17 bits per heavy atom. The number of nitrogens with zero attached hydrogens (tertiary/aromatic N) is 3. The number of nitrogen functional groups attached to an aromatic ring is 1. The summed E-state index contributed by atoms with van der Waals surface area (Å²) in [5.41, 5.74) is 9.54. The van der Waals surface area contributed by atoms with Crippen LogP contribution in [0.2, 0.25) is 5.02 Å². The van der Waals surface area contributed by atoms with Crippen LogP contribution in [0.1, 0.15) is 13.8 Å². The largest absolute Gasteiger partial charge is 0.397 e. The lowest BCUT2D eigenvalue weighted by Crippen LogP contribution is -2.40. The quantitative estimate of drug-likeness (QED) is 0.387. The highest BCUT2D eigenvalue weighted by molar-refractivity contribution is 6.33. The first-order chi connectivity index (χ1) is 10.9. The van der Waals surface area contributed by atoms with E-state index < -0.39 is 12.5 Å². The SMILES string of the molecule is CC(O)N(c1ccc2nc3cc(Cl)c(N)cc3nc2c1)C(C)O. The molecule has 1 heterocycles. The summed E-state index contributed by atoms with van der Waals surface area (Å²) in [6, 6.07) is 8.70. The Bertz CT molecular complexity index is 875. The lowest BCUT2D eigenvalue weighted by Gasteiger charge is -2.30. The van der Waals surface area contributed by atoms with E-state index in [-0.39, 0.29) is 0 Å². The van der Waals surface area contributed by atoms with E-state index >= 15 is 0 Å². The Morgan fingerprint density at radius 2 is 1.52 bits per heavy atom. The van der Waals surface area contributed by atoms with E-state index in [1.807, 2.05) is 0 Å². The molecule has 2 unspecified atom stereocenters. The van der Waals surface area contributed by atoms with Crippen LogP contribution in [0.5, 0.6) is 0 Å². The number of aliphatic hydroxyl groups is 2. The van der Waals surface area contributed by atoms with Gasteiger partial charge in [-0.05, 0) is 44.2 Å². The molecule has 0 saturated carbocycles. The number of aromatic nitrogens is 2. The van der Waals surface area contributed by atoms with E-state index in [2.05, 4.69) is 9.97 Å². The molecule has 23 heavy (non-hydrogen) atoms. The van der Waals surface area contributed by atoms with Crippen molar-refractivity contribution >= 4 is 45.0 Å². The van der Waals surface area contributed by atoms with Crippen LogP contribution in [0.4, 0.5) is 11.4 Å². The molecule has 2 aromatic carbocycles. The van der Waals surface area contributed by atoms with Gasteiger partial charge in [0.1, 0.15) is 12.5 Å². The molecule has 0 aliphatic rings. The highest BCUT2D eigenvalue weighted by Crippen LogP contribution is 2.27. The molecule has 1 aromatic heterocycles. The Hall–Kier alpha value is -2.15. The van der Waals surface area contributed by atoms with E-state index in [9.17, 15) is 10.2 Å². The lowest BCUT2D eigenvalue weighted by molar-refractivity contribution is 0.105. The second-order valence-corrected chi connectivity index (χ2v) is 5.84. The third kappa shape index (κ3) is 2.88. The molecule has 0 saturated heterocycles. The molecule has 3 rings (SSSR count). The zero-order valence-electron chi connectivity index (χ0n) is 12.7. The summed E-state index contributed by atoms with van der Waals surface area (Å²) in [5.74, 6) is 0. The summed E-state index contributed by atoms with van der Waals surface area (Å²) in [6.07, 6.45) is -1.68. The topological polar surface area (TPSA) is 95.5 Å². The molecule has 0 aliphatic heterocycles. The first-order valence-corrected chi connectivity index (χ1v) is 7.55. The van der Waals surface area contributed by atoms with E-state index in [4.69, 9.17) is 17.3 Å². The first-order valence-electron chi connectivity index (χ1n) is 7.18. The minimum absolute atomic E-state index is 0.442. The lowest BCUT2D eigenvalue weighted by atomic mass is 10.2. The van der Waals surface area contributed by atoms with Crippen molar-refractivity contribution in [1.82, 2.24) is 9.97 Å². The molecule has 0 aliphatic carbocycles. The van der Waals surface area contributed by atoms with Gasteiger partial charge >= 0.3 is 0 Å². The third-order valence-corrected chi connectivity index (χ3v) is 3.97. The van der Waals surface area contributed by atoms with Crippen LogP contribution in [0, 0.1) is 0 Å². The van der Waals surface area contributed by atoms with Crippen LogP contribution in [-0.2, 0) is 0 Å². The van der Waals surface area contributed by atoms with Crippen LogP contribution in [-0.4, -0.2) is 32.6 Å². The number of hydrogen-bond donors (Lipinski definition) is 3. The number of benzene rings is 2. The number of aliphatic hydroxyl groups excluding tert-OH is 2. The second kappa shape index (κ2) is 5.81. The summed E-state index contributed by atoms with van der Waals surface area (Å²) in [4.78, 5) is 10.5. The Kier molecular flexibility index (Phi) is 3.97. The molecule has 0 spiro atoms. The number of hydrogen-bond acceptors (Lipinski definition) is 6. The number of nitrogens with two attached hydrogens (primary N) is 1. The Morgan fingerprint density at radius 1 is 0.957 bits per heavy atom. The summed E-state index contributed by atoms with van der Waals surface area (Å²) < 4.78 is 0. The fourth-order valence-electron chi connectivity index (χ4n) is 2.61. The average Bonchev–Trinajstić information content (AvgIpc) is 2.46. The number of halogens is 1. The van der Waals surface area contributed by atoms with Gasteiger partial charge < -0.3 is 20.8 Å². The number of anilines is 2. The predicted octanol–water partition coefficient (Wildman–Crippen LogP) is 2.50. The minimum Gasteiger partial charge on any atom is -0.397 e. The molecule has 0 bridgehead atoms. The summed E-state index contributed by atoms with van der Waals surface area (Å²) in [6.45, 7) is 3.18. The highest BCUT2D eigenvalue weighted by atomic mass is 35.5. The smallest absolute Gasteiger partial charge is 0.126 e. The van der Waals surface area contributed by atoms with Crippen molar-refractivity contribution < 1.29 is 10.2 Å². The number of rotatable bonds is 3. The minimum atomic E-state index is -0.838. The van der Waals surface area contributed by atoms with Gasteiger partial charge in [0.15, 0.2) is 0 Å². The normalized spacial score (nSPS) is 14.1. The van der Waals surface area contributed by atoms with E-state index in [1.165, 1.54) is 4.90 Å². The van der Waals surface area contributed by atoms with E-state index in [0.29, 0.717) is 38.5 Å². The highest BCUT2D eigenvalue weighted by Gasteiger charge is 2.17. The molecule has 6 nitrogen and oxygen atoms in total.